The lowest BCUT2D eigenvalue weighted by Gasteiger charge is -2.04. The van der Waals surface area contributed by atoms with Crippen LogP contribution in [-0.2, 0) is 0 Å². The Morgan fingerprint density at radius 2 is 2.28 bits per heavy atom. The van der Waals surface area contributed by atoms with Crippen LogP contribution >= 0.6 is 11.3 Å². The van der Waals surface area contributed by atoms with E-state index < -0.39 is 4.92 Å². The van der Waals surface area contributed by atoms with Crippen molar-refractivity contribution in [3.05, 3.63) is 45.5 Å². The van der Waals surface area contributed by atoms with E-state index in [1.165, 1.54) is 6.07 Å². The topological polar surface area (TPSA) is 68.1 Å². The summed E-state index contributed by atoms with van der Waals surface area (Å²) < 4.78 is 0. The summed E-state index contributed by atoms with van der Waals surface area (Å²) in [7, 11) is 1.89. The van der Waals surface area contributed by atoms with Gasteiger partial charge >= 0.3 is 0 Å². The van der Waals surface area contributed by atoms with E-state index in [-0.39, 0.29) is 11.7 Å². The molecule has 0 saturated carbocycles. The average Bonchev–Trinajstić information content (AvgIpc) is 2.87. The predicted molar refractivity (Wildman–Crippen MR) is 71.7 cm³/mol. The Morgan fingerprint density at radius 1 is 1.50 bits per heavy atom. The van der Waals surface area contributed by atoms with Crippen LogP contribution in [0.15, 0.2) is 30.5 Å². The Bertz CT molecular complexity index is 568. The first kappa shape index (κ1) is 12.7. The lowest BCUT2D eigenvalue weighted by Crippen LogP contribution is -2.10. The molecule has 6 heteroatoms. The van der Waals surface area contributed by atoms with Crippen LogP contribution in [0.2, 0.25) is 0 Å². The van der Waals surface area contributed by atoms with Gasteiger partial charge in [0.1, 0.15) is 5.01 Å². The van der Waals surface area contributed by atoms with Crippen molar-refractivity contribution in [2.45, 2.75) is 13.0 Å². The third-order valence-electron chi connectivity index (χ3n) is 2.69. The molecular weight excluding hydrogens is 250 g/mol. The van der Waals surface area contributed by atoms with Gasteiger partial charge in [-0.2, -0.15) is 0 Å². The Morgan fingerprint density at radius 3 is 2.94 bits per heavy atom. The van der Waals surface area contributed by atoms with Gasteiger partial charge in [0.15, 0.2) is 0 Å². The van der Waals surface area contributed by atoms with Gasteiger partial charge in [-0.05, 0) is 14.0 Å². The maximum atomic E-state index is 10.7. The van der Waals surface area contributed by atoms with E-state index in [1.54, 1.807) is 29.7 Å². The van der Waals surface area contributed by atoms with Crippen LogP contribution in [0.5, 0.6) is 0 Å². The van der Waals surface area contributed by atoms with Crippen molar-refractivity contribution < 1.29 is 4.92 Å². The monoisotopic (exact) mass is 263 g/mol. The molecule has 0 fully saturated rings. The molecule has 1 unspecified atom stereocenters. The van der Waals surface area contributed by atoms with Crippen molar-refractivity contribution in [3.63, 3.8) is 0 Å². The fraction of sp³-hybridized carbons (Fsp3) is 0.250. The molecule has 0 spiro atoms. The van der Waals surface area contributed by atoms with Crippen molar-refractivity contribution >= 4 is 17.0 Å². The highest BCUT2D eigenvalue weighted by molar-refractivity contribution is 7.15. The van der Waals surface area contributed by atoms with Crippen molar-refractivity contribution in [2.24, 2.45) is 0 Å². The number of nitrogens with zero attached hydrogens (tertiary/aromatic N) is 2. The molecule has 0 aliphatic heterocycles. The van der Waals surface area contributed by atoms with Gasteiger partial charge in [0.25, 0.3) is 5.69 Å². The summed E-state index contributed by atoms with van der Waals surface area (Å²) in [4.78, 5) is 15.8. The quantitative estimate of drug-likeness (QED) is 0.680. The van der Waals surface area contributed by atoms with E-state index in [1.807, 2.05) is 20.0 Å². The number of nitro benzene ring substituents is 1. The molecule has 0 amide bonds. The Balaban J connectivity index is 2.34. The van der Waals surface area contributed by atoms with Gasteiger partial charge in [0.2, 0.25) is 0 Å². The molecule has 5 nitrogen and oxygen atoms in total. The molecule has 0 saturated heterocycles. The fourth-order valence-electron chi connectivity index (χ4n) is 1.51. The molecule has 0 aliphatic carbocycles. The first-order chi connectivity index (χ1) is 8.61. The smallest absolute Gasteiger partial charge is 0.270 e. The number of hydrogen-bond donors (Lipinski definition) is 1. The second-order valence-electron chi connectivity index (χ2n) is 3.89. The molecule has 1 atom stereocenters. The maximum Gasteiger partial charge on any atom is 0.270 e. The van der Waals surface area contributed by atoms with E-state index in [9.17, 15) is 10.1 Å². The summed E-state index contributed by atoms with van der Waals surface area (Å²) in [5.41, 5.74) is 0.870. The zero-order chi connectivity index (χ0) is 13.1. The third-order valence-corrected chi connectivity index (χ3v) is 3.92. The van der Waals surface area contributed by atoms with E-state index >= 15 is 0 Å². The van der Waals surface area contributed by atoms with Crippen molar-refractivity contribution in [1.29, 1.82) is 0 Å². The third kappa shape index (κ3) is 2.55. The van der Waals surface area contributed by atoms with E-state index in [0.29, 0.717) is 0 Å². The van der Waals surface area contributed by atoms with Crippen LogP contribution in [0.4, 0.5) is 5.69 Å². The number of rotatable bonds is 4. The van der Waals surface area contributed by atoms with Crippen molar-refractivity contribution in [1.82, 2.24) is 10.3 Å². The summed E-state index contributed by atoms with van der Waals surface area (Å²) in [5.74, 6) is 0. The minimum atomic E-state index is -0.395. The standard InChI is InChI=1S/C12H13N3O2S/c1-8(13-2)11-7-14-12(18-11)9-4-3-5-10(6-9)15(16)17/h3-8,13H,1-2H3. The summed E-state index contributed by atoms with van der Waals surface area (Å²) in [6, 6.07) is 6.77. The molecule has 1 aromatic heterocycles. The molecule has 2 aromatic rings. The van der Waals surface area contributed by atoms with E-state index in [0.717, 1.165) is 15.4 Å². The molecule has 0 radical (unpaired) electrons. The zero-order valence-corrected chi connectivity index (χ0v) is 10.9. The zero-order valence-electron chi connectivity index (χ0n) is 10.1. The normalized spacial score (nSPS) is 12.3. The summed E-state index contributed by atoms with van der Waals surface area (Å²) >= 11 is 1.54. The Labute approximate surface area is 109 Å². The average molecular weight is 263 g/mol. The second kappa shape index (κ2) is 5.24. The van der Waals surface area contributed by atoms with Gasteiger partial charge in [-0.25, -0.2) is 4.98 Å². The first-order valence-electron chi connectivity index (χ1n) is 5.49. The molecule has 1 N–H and O–H groups in total. The fourth-order valence-corrected chi connectivity index (χ4v) is 2.49. The highest BCUT2D eigenvalue weighted by Gasteiger charge is 2.12. The number of nitrogens with one attached hydrogen (secondary N) is 1. The Hall–Kier alpha value is -1.79. The molecule has 0 bridgehead atoms. The minimum absolute atomic E-state index is 0.0888. The van der Waals surface area contributed by atoms with Gasteiger partial charge in [0.05, 0.1) is 4.92 Å². The van der Waals surface area contributed by atoms with Gasteiger partial charge < -0.3 is 5.32 Å². The van der Waals surface area contributed by atoms with Crippen LogP contribution in [0.3, 0.4) is 0 Å². The van der Waals surface area contributed by atoms with Crippen LogP contribution in [0.25, 0.3) is 10.6 Å². The predicted octanol–water partition coefficient (Wildman–Crippen LogP) is 3.00. The molecule has 0 aliphatic rings. The summed E-state index contributed by atoms with van der Waals surface area (Å²) in [6.07, 6.45) is 1.81. The lowest BCUT2D eigenvalue weighted by molar-refractivity contribution is -0.384. The van der Waals surface area contributed by atoms with Crippen LogP contribution in [0, 0.1) is 10.1 Å². The molecule has 2 rings (SSSR count). The largest absolute Gasteiger partial charge is 0.312 e. The van der Waals surface area contributed by atoms with Crippen molar-refractivity contribution in [3.8, 4) is 10.6 Å². The molecule has 1 heterocycles. The highest BCUT2D eigenvalue weighted by atomic mass is 32.1. The molecule has 18 heavy (non-hydrogen) atoms. The van der Waals surface area contributed by atoms with E-state index in [2.05, 4.69) is 10.3 Å². The van der Waals surface area contributed by atoms with E-state index in [4.69, 9.17) is 0 Å². The number of aromatic nitrogens is 1. The summed E-state index contributed by atoms with van der Waals surface area (Å²) in [5, 5.41) is 14.7. The van der Waals surface area contributed by atoms with Crippen LogP contribution in [0.1, 0.15) is 17.8 Å². The number of non-ortho nitro benzene ring substituents is 1. The summed E-state index contributed by atoms with van der Waals surface area (Å²) in [6.45, 7) is 2.05. The molecular formula is C12H13N3O2S. The van der Waals surface area contributed by atoms with Crippen molar-refractivity contribution in [2.75, 3.05) is 7.05 Å². The van der Waals surface area contributed by atoms with Gasteiger partial charge in [-0.3, -0.25) is 10.1 Å². The SMILES string of the molecule is CNC(C)c1cnc(-c2cccc([N+](=O)[O-])c2)s1. The van der Waals surface area contributed by atoms with Crippen LogP contribution in [-0.4, -0.2) is 17.0 Å². The molecule has 1 aromatic carbocycles. The highest BCUT2D eigenvalue weighted by Crippen LogP contribution is 2.30. The second-order valence-corrected chi connectivity index (χ2v) is 4.95. The number of thiazole rings is 1. The number of benzene rings is 1. The van der Waals surface area contributed by atoms with Gasteiger partial charge in [-0.15, -0.1) is 11.3 Å². The Kier molecular flexibility index (Phi) is 3.69. The lowest BCUT2D eigenvalue weighted by atomic mass is 10.2. The number of nitro groups is 1. The van der Waals surface area contributed by atoms with Gasteiger partial charge in [0, 0.05) is 34.8 Å². The number of hydrogen-bond acceptors (Lipinski definition) is 5. The van der Waals surface area contributed by atoms with Crippen LogP contribution < -0.4 is 5.32 Å². The maximum absolute atomic E-state index is 10.7. The minimum Gasteiger partial charge on any atom is -0.312 e. The van der Waals surface area contributed by atoms with Gasteiger partial charge in [-0.1, -0.05) is 12.1 Å². The first-order valence-corrected chi connectivity index (χ1v) is 6.31. The molecule has 94 valence electrons.